The molecule has 1 unspecified atom stereocenters. The van der Waals surface area contributed by atoms with Gasteiger partial charge in [-0.25, -0.2) is 0 Å². The normalized spacial score (nSPS) is 12.0. The topological polar surface area (TPSA) is 55.1 Å². The van der Waals surface area contributed by atoms with Gasteiger partial charge >= 0.3 is 0 Å². The Balaban J connectivity index is 2.08. The third kappa shape index (κ3) is 4.04. The number of nitrogens with two attached hydrogens (primary N) is 1. The number of carbonyl (C=O) groups is 1. The van der Waals surface area contributed by atoms with Crippen LogP contribution in [0.15, 0.2) is 47.4 Å². The summed E-state index contributed by atoms with van der Waals surface area (Å²) in [5.41, 5.74) is 9.61. The fourth-order valence-electron chi connectivity index (χ4n) is 2.13. The summed E-state index contributed by atoms with van der Waals surface area (Å²) in [7, 11) is 0. The molecule has 0 aliphatic heterocycles. The van der Waals surface area contributed by atoms with Crippen LogP contribution in [0, 0.1) is 13.8 Å². The van der Waals surface area contributed by atoms with Gasteiger partial charge in [0.05, 0.1) is 5.25 Å². The van der Waals surface area contributed by atoms with Crippen LogP contribution < -0.4 is 11.1 Å². The second-order valence-corrected chi connectivity index (χ2v) is 6.60. The summed E-state index contributed by atoms with van der Waals surface area (Å²) < 4.78 is 0. The van der Waals surface area contributed by atoms with E-state index in [0.29, 0.717) is 0 Å². The molecule has 4 heteroatoms. The molecule has 2 aromatic carbocycles. The third-order valence-electron chi connectivity index (χ3n) is 3.68. The molecule has 0 bridgehead atoms. The Morgan fingerprint density at radius 3 is 2.50 bits per heavy atom. The van der Waals surface area contributed by atoms with Crippen molar-refractivity contribution in [1.29, 1.82) is 0 Å². The second kappa shape index (κ2) is 7.36. The van der Waals surface area contributed by atoms with Crippen molar-refractivity contribution in [3.8, 4) is 0 Å². The van der Waals surface area contributed by atoms with Gasteiger partial charge in [-0.3, -0.25) is 4.79 Å². The van der Waals surface area contributed by atoms with Gasteiger partial charge in [0.25, 0.3) is 0 Å². The SMILES string of the molecule is CCC(Sc1ccc(N)cc1)C(=O)Nc1cccc(C)c1C. The zero-order valence-electron chi connectivity index (χ0n) is 13.2. The zero-order chi connectivity index (χ0) is 16.1. The lowest BCUT2D eigenvalue weighted by atomic mass is 10.1. The number of thioether (sulfide) groups is 1. The summed E-state index contributed by atoms with van der Waals surface area (Å²) in [6.07, 6.45) is 0.770. The molecule has 0 fully saturated rings. The Hall–Kier alpha value is -1.94. The molecule has 3 N–H and O–H groups in total. The molecule has 0 saturated carbocycles. The summed E-state index contributed by atoms with van der Waals surface area (Å²) in [4.78, 5) is 13.6. The highest BCUT2D eigenvalue weighted by atomic mass is 32.2. The van der Waals surface area contributed by atoms with Gasteiger partial charge < -0.3 is 11.1 Å². The summed E-state index contributed by atoms with van der Waals surface area (Å²) in [5, 5.41) is 2.93. The average molecular weight is 314 g/mol. The van der Waals surface area contributed by atoms with E-state index < -0.39 is 0 Å². The number of rotatable bonds is 5. The molecule has 1 atom stereocenters. The smallest absolute Gasteiger partial charge is 0.237 e. The van der Waals surface area contributed by atoms with Crippen LogP contribution in [0.4, 0.5) is 11.4 Å². The van der Waals surface area contributed by atoms with E-state index >= 15 is 0 Å². The molecule has 0 spiro atoms. The minimum absolute atomic E-state index is 0.0398. The molecular formula is C18H22N2OS. The first kappa shape index (κ1) is 16.4. The predicted molar refractivity (Wildman–Crippen MR) is 95.3 cm³/mol. The molecular weight excluding hydrogens is 292 g/mol. The van der Waals surface area contributed by atoms with E-state index in [0.717, 1.165) is 28.3 Å². The number of amides is 1. The molecule has 1 amide bonds. The van der Waals surface area contributed by atoms with Crippen LogP contribution >= 0.6 is 11.8 Å². The Morgan fingerprint density at radius 2 is 1.86 bits per heavy atom. The van der Waals surface area contributed by atoms with Crippen molar-refractivity contribution >= 4 is 29.0 Å². The minimum atomic E-state index is -0.122. The lowest BCUT2D eigenvalue weighted by molar-refractivity contribution is -0.115. The molecule has 0 aliphatic carbocycles. The molecule has 0 heterocycles. The quantitative estimate of drug-likeness (QED) is 0.635. The van der Waals surface area contributed by atoms with Crippen molar-refractivity contribution in [3.63, 3.8) is 0 Å². The fraction of sp³-hybridized carbons (Fsp3) is 0.278. The number of anilines is 2. The van der Waals surface area contributed by atoms with E-state index in [-0.39, 0.29) is 11.2 Å². The van der Waals surface area contributed by atoms with Crippen LogP contribution in [-0.2, 0) is 4.79 Å². The molecule has 0 saturated heterocycles. The maximum absolute atomic E-state index is 12.5. The third-order valence-corrected chi connectivity index (χ3v) is 5.06. The first-order valence-electron chi connectivity index (χ1n) is 7.40. The first-order chi connectivity index (χ1) is 10.5. The average Bonchev–Trinajstić information content (AvgIpc) is 2.51. The lowest BCUT2D eigenvalue weighted by Gasteiger charge is -2.16. The van der Waals surface area contributed by atoms with E-state index in [9.17, 15) is 4.79 Å². The maximum atomic E-state index is 12.5. The number of carbonyl (C=O) groups excluding carboxylic acids is 1. The number of hydrogen-bond acceptors (Lipinski definition) is 3. The van der Waals surface area contributed by atoms with Gasteiger partial charge in [-0.1, -0.05) is 19.1 Å². The Labute approximate surface area is 136 Å². The highest BCUT2D eigenvalue weighted by molar-refractivity contribution is 8.00. The molecule has 2 aromatic rings. The standard InChI is InChI=1S/C18H22N2OS/c1-4-17(22-15-10-8-14(19)9-11-15)18(21)20-16-7-5-6-12(2)13(16)3/h5-11,17H,4,19H2,1-3H3,(H,20,21). The summed E-state index contributed by atoms with van der Waals surface area (Å²) in [5.74, 6) is 0.0398. The van der Waals surface area contributed by atoms with Crippen molar-refractivity contribution in [2.24, 2.45) is 0 Å². The van der Waals surface area contributed by atoms with Crippen LogP contribution in [0.2, 0.25) is 0 Å². The van der Waals surface area contributed by atoms with E-state index in [4.69, 9.17) is 5.73 Å². The largest absolute Gasteiger partial charge is 0.399 e. The Kier molecular flexibility index (Phi) is 5.50. The van der Waals surface area contributed by atoms with Crippen LogP contribution in [-0.4, -0.2) is 11.2 Å². The van der Waals surface area contributed by atoms with Crippen molar-refractivity contribution in [2.75, 3.05) is 11.1 Å². The first-order valence-corrected chi connectivity index (χ1v) is 8.28. The van der Waals surface area contributed by atoms with Crippen molar-refractivity contribution < 1.29 is 4.79 Å². The summed E-state index contributed by atoms with van der Waals surface area (Å²) in [6, 6.07) is 13.6. The van der Waals surface area contributed by atoms with Crippen LogP contribution in [0.25, 0.3) is 0 Å². The highest BCUT2D eigenvalue weighted by Gasteiger charge is 2.18. The molecule has 3 nitrogen and oxygen atoms in total. The Morgan fingerprint density at radius 1 is 1.18 bits per heavy atom. The van der Waals surface area contributed by atoms with Gasteiger partial charge in [-0.2, -0.15) is 0 Å². The fourth-order valence-corrected chi connectivity index (χ4v) is 3.09. The molecule has 116 valence electrons. The van der Waals surface area contributed by atoms with Crippen LogP contribution in [0.1, 0.15) is 24.5 Å². The van der Waals surface area contributed by atoms with E-state index in [1.807, 2.05) is 63.2 Å². The highest BCUT2D eigenvalue weighted by Crippen LogP contribution is 2.28. The van der Waals surface area contributed by atoms with Gasteiger partial charge in [-0.15, -0.1) is 11.8 Å². The van der Waals surface area contributed by atoms with Crippen molar-refractivity contribution in [2.45, 2.75) is 37.3 Å². The number of aryl methyl sites for hydroxylation is 1. The Bertz CT molecular complexity index is 653. The summed E-state index contributed by atoms with van der Waals surface area (Å²) in [6.45, 7) is 6.10. The van der Waals surface area contributed by atoms with E-state index in [1.165, 1.54) is 5.56 Å². The molecule has 0 radical (unpaired) electrons. The van der Waals surface area contributed by atoms with Crippen LogP contribution in [0.3, 0.4) is 0 Å². The molecule has 0 aromatic heterocycles. The van der Waals surface area contributed by atoms with Gasteiger partial charge in [0.1, 0.15) is 0 Å². The van der Waals surface area contributed by atoms with Crippen molar-refractivity contribution in [3.05, 3.63) is 53.6 Å². The van der Waals surface area contributed by atoms with E-state index in [2.05, 4.69) is 5.32 Å². The number of nitrogens with one attached hydrogen (secondary N) is 1. The second-order valence-electron chi connectivity index (χ2n) is 5.32. The van der Waals surface area contributed by atoms with E-state index in [1.54, 1.807) is 11.8 Å². The van der Waals surface area contributed by atoms with Gasteiger partial charge in [0, 0.05) is 16.3 Å². The summed E-state index contributed by atoms with van der Waals surface area (Å²) >= 11 is 1.57. The van der Waals surface area contributed by atoms with Crippen LogP contribution in [0.5, 0.6) is 0 Å². The molecule has 22 heavy (non-hydrogen) atoms. The molecule has 2 rings (SSSR count). The van der Waals surface area contributed by atoms with Gasteiger partial charge in [-0.05, 0) is 61.7 Å². The number of nitrogen functional groups attached to an aromatic ring is 1. The monoisotopic (exact) mass is 314 g/mol. The number of hydrogen-bond donors (Lipinski definition) is 2. The molecule has 0 aliphatic rings. The maximum Gasteiger partial charge on any atom is 0.237 e. The predicted octanol–water partition coefficient (Wildman–Crippen LogP) is 4.40. The van der Waals surface area contributed by atoms with Gasteiger partial charge in [0.15, 0.2) is 0 Å². The van der Waals surface area contributed by atoms with Gasteiger partial charge in [0.2, 0.25) is 5.91 Å². The lowest BCUT2D eigenvalue weighted by Crippen LogP contribution is -2.25. The zero-order valence-corrected chi connectivity index (χ0v) is 14.0. The van der Waals surface area contributed by atoms with Crippen molar-refractivity contribution in [1.82, 2.24) is 0 Å². The number of benzene rings is 2. The minimum Gasteiger partial charge on any atom is -0.399 e.